The highest BCUT2D eigenvalue weighted by molar-refractivity contribution is 8.04. The van der Waals surface area contributed by atoms with Gasteiger partial charge in [0.1, 0.15) is 5.82 Å². The lowest BCUT2D eigenvalue weighted by molar-refractivity contribution is -0.131. The van der Waals surface area contributed by atoms with Gasteiger partial charge in [-0.1, -0.05) is 30.3 Å². The fraction of sp³-hybridized carbons (Fsp3) is 0.417. The Morgan fingerprint density at radius 2 is 2.09 bits per heavy atom. The number of amides is 2. The molecule has 1 aromatic carbocycles. The Morgan fingerprint density at radius 1 is 1.28 bits per heavy atom. The third kappa shape index (κ3) is 5.05. The minimum absolute atomic E-state index is 0.0462. The Hall–Kier alpha value is -3.05. The van der Waals surface area contributed by atoms with E-state index in [0.29, 0.717) is 45.3 Å². The van der Waals surface area contributed by atoms with Crippen LogP contribution in [0, 0.1) is 24.2 Å². The molecule has 0 radical (unpaired) electrons. The predicted octanol–water partition coefficient (Wildman–Crippen LogP) is 3.03. The van der Waals surface area contributed by atoms with E-state index in [1.165, 1.54) is 11.8 Å². The van der Waals surface area contributed by atoms with Crippen LogP contribution >= 0.6 is 11.8 Å². The van der Waals surface area contributed by atoms with Crippen molar-refractivity contribution in [2.75, 3.05) is 13.1 Å². The number of carbonyl (C=O) groups excluding carboxylic acids is 2. The Labute approximate surface area is 192 Å². The monoisotopic (exact) mass is 449 g/mol. The molecule has 0 saturated heterocycles. The van der Waals surface area contributed by atoms with Gasteiger partial charge in [-0.25, -0.2) is 4.98 Å². The molecule has 3 heterocycles. The normalized spacial score (nSPS) is 20.1. The molecule has 2 aromatic rings. The Kier molecular flexibility index (Phi) is 6.96. The molecule has 0 bridgehead atoms. The highest BCUT2D eigenvalue weighted by Crippen LogP contribution is 2.44. The molecule has 0 saturated carbocycles. The van der Waals surface area contributed by atoms with Crippen LogP contribution < -0.4 is 5.32 Å². The molecule has 4 rings (SSSR count). The fourth-order valence-electron chi connectivity index (χ4n) is 4.21. The van der Waals surface area contributed by atoms with Crippen molar-refractivity contribution in [2.24, 2.45) is 5.92 Å². The van der Waals surface area contributed by atoms with Gasteiger partial charge >= 0.3 is 0 Å². The summed E-state index contributed by atoms with van der Waals surface area (Å²) < 4.78 is 1.98. The van der Waals surface area contributed by atoms with Crippen LogP contribution in [0.4, 0.5) is 0 Å². The second-order valence-corrected chi connectivity index (χ2v) is 9.37. The first-order valence-corrected chi connectivity index (χ1v) is 11.8. The number of rotatable bonds is 7. The van der Waals surface area contributed by atoms with Crippen LogP contribution in [0.1, 0.15) is 30.7 Å². The summed E-state index contributed by atoms with van der Waals surface area (Å²) >= 11 is 1.53. The first-order valence-electron chi connectivity index (χ1n) is 10.9. The lowest BCUT2D eigenvalue weighted by atomic mass is 9.94. The van der Waals surface area contributed by atoms with E-state index in [1.54, 1.807) is 6.20 Å². The fourth-order valence-corrected chi connectivity index (χ4v) is 5.68. The summed E-state index contributed by atoms with van der Waals surface area (Å²) in [6.45, 7) is 3.68. The van der Waals surface area contributed by atoms with Gasteiger partial charge in [0, 0.05) is 43.2 Å². The number of benzene rings is 1. The number of nitrogens with zero attached hydrogens (tertiary/aromatic N) is 4. The van der Waals surface area contributed by atoms with Crippen molar-refractivity contribution >= 4 is 23.6 Å². The van der Waals surface area contributed by atoms with Crippen LogP contribution in [0.2, 0.25) is 0 Å². The van der Waals surface area contributed by atoms with Crippen LogP contribution in [-0.2, 0) is 22.6 Å². The zero-order chi connectivity index (χ0) is 22.5. The molecule has 0 fully saturated rings. The molecule has 7 nitrogen and oxygen atoms in total. The average molecular weight is 450 g/mol. The summed E-state index contributed by atoms with van der Waals surface area (Å²) in [5, 5.41) is 12.5. The van der Waals surface area contributed by atoms with Gasteiger partial charge in [0.2, 0.25) is 11.8 Å². The van der Waals surface area contributed by atoms with Crippen molar-refractivity contribution in [1.29, 1.82) is 5.26 Å². The van der Waals surface area contributed by atoms with Crippen LogP contribution in [0.25, 0.3) is 0 Å². The number of nitriles is 1. The molecular weight excluding hydrogens is 422 g/mol. The molecule has 0 spiro atoms. The molecule has 32 heavy (non-hydrogen) atoms. The standard InChI is InChI=1S/C24H27N5O2S/c1-17-26-11-14-28(17)13-10-23(31)29-12-9-19-20(15-25)24(32-21(19)16-29)27-22(30)8-7-18-5-3-2-4-6-18/h2-6,11,14,20,24H,7-10,12-13,16H2,1H3,(H,27,30). The van der Waals surface area contributed by atoms with Crippen LogP contribution in [0.3, 0.4) is 0 Å². The second-order valence-electron chi connectivity index (χ2n) is 8.13. The highest BCUT2D eigenvalue weighted by Gasteiger charge is 2.39. The van der Waals surface area contributed by atoms with Crippen molar-refractivity contribution in [2.45, 2.75) is 44.5 Å². The molecule has 2 amide bonds. The predicted molar refractivity (Wildman–Crippen MR) is 123 cm³/mol. The summed E-state index contributed by atoms with van der Waals surface area (Å²) in [4.78, 5) is 32.4. The maximum Gasteiger partial charge on any atom is 0.224 e. The lowest BCUT2D eigenvalue weighted by Gasteiger charge is -2.28. The quantitative estimate of drug-likeness (QED) is 0.702. The molecule has 1 aromatic heterocycles. The highest BCUT2D eigenvalue weighted by atomic mass is 32.2. The van der Waals surface area contributed by atoms with Gasteiger partial charge in [-0.15, -0.1) is 11.8 Å². The molecule has 2 aliphatic heterocycles. The second kappa shape index (κ2) is 10.0. The first kappa shape index (κ1) is 22.2. The minimum Gasteiger partial charge on any atom is -0.342 e. The first-order chi connectivity index (χ1) is 15.5. The summed E-state index contributed by atoms with van der Waals surface area (Å²) in [6, 6.07) is 12.3. The van der Waals surface area contributed by atoms with E-state index in [2.05, 4.69) is 16.4 Å². The Morgan fingerprint density at radius 3 is 2.81 bits per heavy atom. The largest absolute Gasteiger partial charge is 0.342 e. The smallest absolute Gasteiger partial charge is 0.224 e. The molecule has 0 aliphatic carbocycles. The summed E-state index contributed by atoms with van der Waals surface area (Å²) in [7, 11) is 0. The summed E-state index contributed by atoms with van der Waals surface area (Å²) in [5.41, 5.74) is 2.20. The van der Waals surface area contributed by atoms with Gasteiger partial charge in [-0.3, -0.25) is 9.59 Å². The van der Waals surface area contributed by atoms with Crippen LogP contribution in [0.15, 0.2) is 53.2 Å². The molecule has 2 aliphatic rings. The van der Waals surface area contributed by atoms with Crippen molar-refractivity contribution in [3.63, 3.8) is 0 Å². The summed E-state index contributed by atoms with van der Waals surface area (Å²) in [6.07, 6.45) is 5.80. The maximum absolute atomic E-state index is 12.7. The third-order valence-corrected chi connectivity index (χ3v) is 7.38. The van der Waals surface area contributed by atoms with Crippen LogP contribution in [-0.4, -0.2) is 44.7 Å². The van der Waals surface area contributed by atoms with Crippen molar-refractivity contribution < 1.29 is 9.59 Å². The number of thioether (sulfide) groups is 1. The number of aromatic nitrogens is 2. The SMILES string of the molecule is Cc1nccn1CCC(=O)N1CCC2=C(C1)SC(NC(=O)CCc1ccccc1)C2C#N. The van der Waals surface area contributed by atoms with Crippen molar-refractivity contribution in [3.8, 4) is 6.07 Å². The molecule has 1 N–H and O–H groups in total. The summed E-state index contributed by atoms with van der Waals surface area (Å²) in [5.74, 6) is 0.626. The van der Waals surface area contributed by atoms with Crippen molar-refractivity contribution in [3.05, 3.63) is 64.6 Å². The maximum atomic E-state index is 12.7. The molecular formula is C24H27N5O2S. The zero-order valence-corrected chi connectivity index (χ0v) is 19.0. The number of hydrogen-bond acceptors (Lipinski definition) is 5. The van der Waals surface area contributed by atoms with E-state index in [-0.39, 0.29) is 23.1 Å². The molecule has 2 unspecified atom stereocenters. The van der Waals surface area contributed by atoms with E-state index in [4.69, 9.17) is 0 Å². The van der Waals surface area contributed by atoms with Gasteiger partial charge in [0.25, 0.3) is 0 Å². The van der Waals surface area contributed by atoms with Gasteiger partial charge in [0.15, 0.2) is 0 Å². The number of carbonyl (C=O) groups is 2. The topological polar surface area (TPSA) is 91.0 Å². The van der Waals surface area contributed by atoms with Crippen molar-refractivity contribution in [1.82, 2.24) is 19.8 Å². The Balaban J connectivity index is 1.30. The zero-order valence-electron chi connectivity index (χ0n) is 18.2. The third-order valence-electron chi connectivity index (χ3n) is 6.06. The van der Waals surface area contributed by atoms with Gasteiger partial charge < -0.3 is 14.8 Å². The van der Waals surface area contributed by atoms with Crippen LogP contribution in [0.5, 0.6) is 0 Å². The molecule has 2 atom stereocenters. The molecule has 166 valence electrons. The minimum atomic E-state index is -0.332. The van der Waals surface area contributed by atoms with Gasteiger partial charge in [0.05, 0.1) is 23.9 Å². The van der Waals surface area contributed by atoms with Gasteiger partial charge in [-0.05, 0) is 30.9 Å². The van der Waals surface area contributed by atoms with E-state index < -0.39 is 0 Å². The number of imidazole rings is 1. The average Bonchev–Trinajstić information content (AvgIpc) is 3.38. The Bertz CT molecular complexity index is 1060. The van der Waals surface area contributed by atoms with Gasteiger partial charge in [-0.2, -0.15) is 5.26 Å². The van der Waals surface area contributed by atoms with E-state index >= 15 is 0 Å². The molecule has 8 heteroatoms. The van der Waals surface area contributed by atoms with E-state index in [1.807, 2.05) is 52.9 Å². The lowest BCUT2D eigenvalue weighted by Crippen LogP contribution is -2.37. The van der Waals surface area contributed by atoms with E-state index in [0.717, 1.165) is 21.9 Å². The number of aryl methyl sites for hydroxylation is 3. The number of hydrogen-bond donors (Lipinski definition) is 1. The van der Waals surface area contributed by atoms with E-state index in [9.17, 15) is 14.9 Å². The number of nitrogens with one attached hydrogen (secondary N) is 1.